The number of carboxylic acids is 1. The number of nitrogens with one attached hydrogen (secondary N) is 3. The predicted octanol–water partition coefficient (Wildman–Crippen LogP) is 3.11. The molecule has 0 radical (unpaired) electrons. The van der Waals surface area contributed by atoms with Crippen LogP contribution in [0.25, 0.3) is 11.0 Å². The minimum atomic E-state index is -1.23. The summed E-state index contributed by atoms with van der Waals surface area (Å²) < 4.78 is 5.18. The standard InChI is InChI=1S/C26H26N4O6S/c1-15-28-23-22(25(33)29-15)17(13-27-23)7-8-18-9-11-20(37-18)24(32)30-19(26(34)35)10-12-21(31)36-14-16-5-3-2-4-6-16/h2-6,9,11,13,19H,7-8,10,12,14H2,1H3,(H,30,32)(H,34,35)(H2,27,28,29,33). The number of aliphatic carboxylic acids is 1. The molecule has 11 heteroatoms. The maximum atomic E-state index is 12.7. The van der Waals surface area contributed by atoms with E-state index >= 15 is 0 Å². The fraction of sp³-hybridized carbons (Fsp3) is 0.269. The number of ether oxygens (including phenoxy) is 1. The number of hydrogen-bond donors (Lipinski definition) is 4. The van der Waals surface area contributed by atoms with Crippen LogP contribution in [0.4, 0.5) is 0 Å². The van der Waals surface area contributed by atoms with E-state index in [1.807, 2.05) is 30.3 Å². The summed E-state index contributed by atoms with van der Waals surface area (Å²) in [6, 6.07) is 11.4. The summed E-state index contributed by atoms with van der Waals surface area (Å²) in [5, 5.41) is 12.5. The molecule has 0 fully saturated rings. The Morgan fingerprint density at radius 3 is 2.68 bits per heavy atom. The molecule has 3 heterocycles. The fourth-order valence-electron chi connectivity index (χ4n) is 3.86. The van der Waals surface area contributed by atoms with Crippen LogP contribution in [0.1, 0.15) is 44.3 Å². The summed E-state index contributed by atoms with van der Waals surface area (Å²) >= 11 is 1.25. The van der Waals surface area contributed by atoms with Crippen LogP contribution in [0.2, 0.25) is 0 Å². The minimum Gasteiger partial charge on any atom is -0.480 e. The van der Waals surface area contributed by atoms with E-state index in [1.165, 1.54) is 11.3 Å². The Balaban J connectivity index is 1.29. The van der Waals surface area contributed by atoms with Crippen LogP contribution in [0, 0.1) is 6.92 Å². The molecule has 0 bridgehead atoms. The van der Waals surface area contributed by atoms with Gasteiger partial charge in [-0.3, -0.25) is 14.4 Å². The number of aryl methyl sites for hydroxylation is 3. The van der Waals surface area contributed by atoms with E-state index in [0.29, 0.717) is 34.6 Å². The van der Waals surface area contributed by atoms with Crippen LogP contribution in [-0.2, 0) is 33.8 Å². The maximum absolute atomic E-state index is 12.7. The molecule has 0 saturated heterocycles. The second kappa shape index (κ2) is 11.7. The number of esters is 1. The molecule has 4 N–H and O–H groups in total. The molecule has 1 atom stereocenters. The molecule has 10 nitrogen and oxygen atoms in total. The number of nitrogens with zero attached hydrogens (tertiary/aromatic N) is 1. The first-order valence-electron chi connectivity index (χ1n) is 11.7. The topological polar surface area (TPSA) is 154 Å². The number of H-pyrrole nitrogens is 2. The van der Waals surface area contributed by atoms with Crippen molar-refractivity contribution in [2.24, 2.45) is 0 Å². The third kappa shape index (κ3) is 6.70. The molecule has 1 aromatic carbocycles. The maximum Gasteiger partial charge on any atom is 0.326 e. The van der Waals surface area contributed by atoms with Crippen LogP contribution in [0.3, 0.4) is 0 Å². The molecular weight excluding hydrogens is 496 g/mol. The lowest BCUT2D eigenvalue weighted by Crippen LogP contribution is -2.40. The van der Waals surface area contributed by atoms with Crippen molar-refractivity contribution in [2.75, 3.05) is 0 Å². The number of amides is 1. The van der Waals surface area contributed by atoms with Crippen molar-refractivity contribution >= 4 is 40.2 Å². The van der Waals surface area contributed by atoms with Crippen molar-refractivity contribution < 1.29 is 24.2 Å². The molecule has 0 aliphatic carbocycles. The first-order valence-corrected chi connectivity index (χ1v) is 12.5. The van der Waals surface area contributed by atoms with Gasteiger partial charge in [-0.1, -0.05) is 30.3 Å². The second-order valence-electron chi connectivity index (χ2n) is 8.50. The molecule has 4 rings (SSSR count). The Kier molecular flexibility index (Phi) is 8.14. The zero-order chi connectivity index (χ0) is 26.4. The molecule has 1 amide bonds. The molecule has 0 saturated carbocycles. The van der Waals surface area contributed by atoms with E-state index in [1.54, 1.807) is 25.3 Å². The van der Waals surface area contributed by atoms with Gasteiger partial charge in [0.1, 0.15) is 24.1 Å². The van der Waals surface area contributed by atoms with Crippen molar-refractivity contribution in [1.82, 2.24) is 20.3 Å². The summed E-state index contributed by atoms with van der Waals surface area (Å²) in [6.45, 7) is 1.82. The average molecular weight is 523 g/mol. The van der Waals surface area contributed by atoms with Crippen LogP contribution in [0.5, 0.6) is 0 Å². The Labute approximate surface area is 215 Å². The van der Waals surface area contributed by atoms with E-state index in [2.05, 4.69) is 20.3 Å². The highest BCUT2D eigenvalue weighted by Crippen LogP contribution is 2.21. The zero-order valence-electron chi connectivity index (χ0n) is 20.1. The van der Waals surface area contributed by atoms with Gasteiger partial charge in [-0.2, -0.15) is 0 Å². The molecule has 0 aliphatic heterocycles. The third-order valence-electron chi connectivity index (χ3n) is 5.75. The summed E-state index contributed by atoms with van der Waals surface area (Å²) in [5.74, 6) is -1.76. The normalized spacial score (nSPS) is 11.8. The number of aromatic amines is 2. The summed E-state index contributed by atoms with van der Waals surface area (Å²) in [5.41, 5.74) is 1.99. The van der Waals surface area contributed by atoms with Gasteiger partial charge in [-0.05, 0) is 49.4 Å². The van der Waals surface area contributed by atoms with Crippen molar-refractivity contribution in [3.63, 3.8) is 0 Å². The zero-order valence-corrected chi connectivity index (χ0v) is 20.9. The van der Waals surface area contributed by atoms with Gasteiger partial charge in [0.05, 0.1) is 10.3 Å². The van der Waals surface area contributed by atoms with E-state index in [9.17, 15) is 24.3 Å². The highest BCUT2D eigenvalue weighted by Gasteiger charge is 2.23. The van der Waals surface area contributed by atoms with Crippen LogP contribution in [0.15, 0.2) is 53.5 Å². The number of aromatic nitrogens is 3. The average Bonchev–Trinajstić information content (AvgIpc) is 3.51. The lowest BCUT2D eigenvalue weighted by Gasteiger charge is -2.13. The molecule has 0 spiro atoms. The van der Waals surface area contributed by atoms with Crippen molar-refractivity contribution in [1.29, 1.82) is 0 Å². The third-order valence-corrected chi connectivity index (χ3v) is 6.90. The Morgan fingerprint density at radius 2 is 1.92 bits per heavy atom. The fourth-order valence-corrected chi connectivity index (χ4v) is 4.77. The predicted molar refractivity (Wildman–Crippen MR) is 138 cm³/mol. The second-order valence-corrected chi connectivity index (χ2v) is 9.67. The smallest absolute Gasteiger partial charge is 0.326 e. The van der Waals surface area contributed by atoms with Gasteiger partial charge in [-0.15, -0.1) is 11.3 Å². The van der Waals surface area contributed by atoms with Gasteiger partial charge < -0.3 is 25.1 Å². The largest absolute Gasteiger partial charge is 0.480 e. The van der Waals surface area contributed by atoms with Crippen molar-refractivity contribution in [2.45, 2.75) is 45.3 Å². The number of thiophene rings is 1. The minimum absolute atomic E-state index is 0.0877. The highest BCUT2D eigenvalue weighted by atomic mass is 32.1. The summed E-state index contributed by atoms with van der Waals surface area (Å²) in [7, 11) is 0. The van der Waals surface area contributed by atoms with Crippen LogP contribution < -0.4 is 10.9 Å². The van der Waals surface area contributed by atoms with Crippen LogP contribution in [-0.4, -0.2) is 43.9 Å². The Morgan fingerprint density at radius 1 is 1.14 bits per heavy atom. The number of rotatable bonds is 11. The number of carbonyl (C=O) groups is 3. The van der Waals surface area contributed by atoms with Gasteiger partial charge in [0.2, 0.25) is 0 Å². The van der Waals surface area contributed by atoms with Crippen molar-refractivity contribution in [3.05, 3.63) is 85.7 Å². The highest BCUT2D eigenvalue weighted by molar-refractivity contribution is 7.14. The lowest BCUT2D eigenvalue weighted by molar-refractivity contribution is -0.145. The lowest BCUT2D eigenvalue weighted by atomic mass is 10.1. The molecule has 3 aromatic heterocycles. The van der Waals surface area contributed by atoms with Gasteiger partial charge in [0, 0.05) is 17.5 Å². The molecule has 1 unspecified atom stereocenters. The van der Waals surface area contributed by atoms with Gasteiger partial charge >= 0.3 is 11.9 Å². The van der Waals surface area contributed by atoms with E-state index in [-0.39, 0.29) is 25.0 Å². The van der Waals surface area contributed by atoms with E-state index in [4.69, 9.17) is 4.74 Å². The van der Waals surface area contributed by atoms with Crippen LogP contribution >= 0.6 is 11.3 Å². The SMILES string of the molecule is Cc1nc2[nH]cc(CCc3ccc(C(=O)NC(CCC(=O)OCc4ccccc4)C(=O)O)s3)c2c(=O)[nH]1. The van der Waals surface area contributed by atoms with Crippen molar-refractivity contribution in [3.8, 4) is 0 Å². The van der Waals surface area contributed by atoms with Gasteiger partial charge in [-0.25, -0.2) is 9.78 Å². The Hall–Kier alpha value is -4.25. The molecular formula is C26H26N4O6S. The summed E-state index contributed by atoms with van der Waals surface area (Å²) in [6.07, 6.45) is 2.69. The van der Waals surface area contributed by atoms with E-state index in [0.717, 1.165) is 16.0 Å². The number of fused-ring (bicyclic) bond motifs is 1. The number of carbonyl (C=O) groups excluding carboxylic acids is 2. The Bertz CT molecular complexity index is 1470. The van der Waals surface area contributed by atoms with Gasteiger partial charge in [0.15, 0.2) is 0 Å². The quantitative estimate of drug-likeness (QED) is 0.221. The first-order chi connectivity index (χ1) is 17.8. The monoisotopic (exact) mass is 522 g/mol. The molecule has 37 heavy (non-hydrogen) atoms. The molecule has 0 aliphatic rings. The molecule has 4 aromatic rings. The first kappa shape index (κ1) is 25.8. The van der Waals surface area contributed by atoms with E-state index < -0.39 is 23.9 Å². The van der Waals surface area contributed by atoms with Gasteiger partial charge in [0.25, 0.3) is 11.5 Å². The number of hydrogen-bond acceptors (Lipinski definition) is 7. The molecule has 192 valence electrons. The number of carboxylic acid groups (broad SMARTS) is 1. The summed E-state index contributed by atoms with van der Waals surface area (Å²) in [4.78, 5) is 59.9. The number of benzene rings is 1.